The van der Waals surface area contributed by atoms with E-state index in [0.29, 0.717) is 5.92 Å². The van der Waals surface area contributed by atoms with Crippen LogP contribution in [0.1, 0.15) is 26.2 Å². The number of nitrogens with two attached hydrogens (primary N) is 1. The molecule has 1 aromatic carbocycles. The highest BCUT2D eigenvalue weighted by molar-refractivity contribution is 7.89. The molecular formula is C12H16ClFN2O2S. The van der Waals surface area contributed by atoms with E-state index in [1.54, 1.807) is 6.92 Å². The standard InChI is InChI=1S/C12H16ClFN2O2S/c1-7(4-8-2-3-8)16-19(17,18)11-6-9(13)5-10(15)12(11)14/h5-8,16H,2-4,15H2,1H3. The van der Waals surface area contributed by atoms with Crippen molar-refractivity contribution in [1.29, 1.82) is 0 Å². The number of hydrogen-bond donors (Lipinski definition) is 2. The largest absolute Gasteiger partial charge is 0.396 e. The average Bonchev–Trinajstić information content (AvgIpc) is 3.05. The van der Waals surface area contributed by atoms with Crippen molar-refractivity contribution < 1.29 is 12.8 Å². The van der Waals surface area contributed by atoms with Crippen molar-refractivity contribution in [2.24, 2.45) is 5.92 Å². The van der Waals surface area contributed by atoms with Gasteiger partial charge in [-0.15, -0.1) is 0 Å². The van der Waals surface area contributed by atoms with Gasteiger partial charge in [0.05, 0.1) is 5.69 Å². The first-order valence-electron chi connectivity index (χ1n) is 6.06. The normalized spacial score (nSPS) is 17.4. The van der Waals surface area contributed by atoms with Crippen LogP contribution in [0.25, 0.3) is 0 Å². The fraction of sp³-hybridized carbons (Fsp3) is 0.500. The van der Waals surface area contributed by atoms with Crippen molar-refractivity contribution in [3.05, 3.63) is 23.0 Å². The van der Waals surface area contributed by atoms with Crippen LogP contribution in [0.5, 0.6) is 0 Å². The molecular weight excluding hydrogens is 291 g/mol. The van der Waals surface area contributed by atoms with Crippen LogP contribution in [0, 0.1) is 11.7 Å². The highest BCUT2D eigenvalue weighted by atomic mass is 35.5. The number of hydrogen-bond acceptors (Lipinski definition) is 3. The molecule has 1 atom stereocenters. The summed E-state index contributed by atoms with van der Waals surface area (Å²) in [5, 5.41) is 0.0918. The summed E-state index contributed by atoms with van der Waals surface area (Å²) in [4.78, 5) is -0.500. The smallest absolute Gasteiger partial charge is 0.243 e. The summed E-state index contributed by atoms with van der Waals surface area (Å²) < 4.78 is 40.5. The van der Waals surface area contributed by atoms with Crippen LogP contribution in [0.4, 0.5) is 10.1 Å². The summed E-state index contributed by atoms with van der Waals surface area (Å²) in [6.07, 6.45) is 3.02. The molecule has 106 valence electrons. The van der Waals surface area contributed by atoms with E-state index in [4.69, 9.17) is 17.3 Å². The van der Waals surface area contributed by atoms with Crippen LogP contribution in [0.2, 0.25) is 5.02 Å². The molecule has 1 fully saturated rings. The monoisotopic (exact) mass is 306 g/mol. The van der Waals surface area contributed by atoms with Crippen LogP contribution in [0.15, 0.2) is 17.0 Å². The summed E-state index contributed by atoms with van der Waals surface area (Å²) in [6.45, 7) is 1.77. The number of rotatable bonds is 5. The molecule has 1 unspecified atom stereocenters. The van der Waals surface area contributed by atoms with Crippen molar-refractivity contribution in [1.82, 2.24) is 4.72 Å². The lowest BCUT2D eigenvalue weighted by Gasteiger charge is -2.15. The molecule has 0 spiro atoms. The SMILES string of the molecule is CC(CC1CC1)NS(=O)(=O)c1cc(Cl)cc(N)c1F. The fourth-order valence-corrected chi connectivity index (χ4v) is 3.69. The van der Waals surface area contributed by atoms with Crippen LogP contribution in [0.3, 0.4) is 0 Å². The summed E-state index contributed by atoms with van der Waals surface area (Å²) in [7, 11) is -3.94. The van der Waals surface area contributed by atoms with E-state index < -0.39 is 20.7 Å². The molecule has 0 amide bonds. The molecule has 4 nitrogen and oxygen atoms in total. The number of anilines is 1. The minimum Gasteiger partial charge on any atom is -0.396 e. The second-order valence-corrected chi connectivity index (χ2v) is 7.13. The maximum atomic E-state index is 13.8. The Morgan fingerprint density at radius 1 is 1.53 bits per heavy atom. The molecule has 1 aliphatic rings. The van der Waals surface area contributed by atoms with E-state index in [2.05, 4.69) is 4.72 Å². The maximum absolute atomic E-state index is 13.8. The third kappa shape index (κ3) is 3.58. The molecule has 1 saturated carbocycles. The Balaban J connectivity index is 2.23. The lowest BCUT2D eigenvalue weighted by atomic mass is 10.2. The Morgan fingerprint density at radius 3 is 2.74 bits per heavy atom. The van der Waals surface area contributed by atoms with Gasteiger partial charge in [-0.2, -0.15) is 0 Å². The van der Waals surface area contributed by atoms with E-state index in [1.807, 2.05) is 0 Å². The van der Waals surface area contributed by atoms with E-state index in [-0.39, 0.29) is 16.8 Å². The molecule has 7 heteroatoms. The average molecular weight is 307 g/mol. The van der Waals surface area contributed by atoms with E-state index >= 15 is 0 Å². The van der Waals surface area contributed by atoms with Crippen molar-refractivity contribution >= 4 is 27.3 Å². The van der Waals surface area contributed by atoms with Gasteiger partial charge in [0.25, 0.3) is 0 Å². The van der Waals surface area contributed by atoms with Crippen molar-refractivity contribution in [2.75, 3.05) is 5.73 Å². The van der Waals surface area contributed by atoms with Crippen molar-refractivity contribution in [3.8, 4) is 0 Å². The Labute approximate surface area is 117 Å². The number of nitrogens with one attached hydrogen (secondary N) is 1. The molecule has 0 heterocycles. The predicted octanol–water partition coefficient (Wildman–Crippen LogP) is 2.53. The first kappa shape index (κ1) is 14.6. The van der Waals surface area contributed by atoms with Gasteiger partial charge in [0.15, 0.2) is 5.82 Å². The first-order valence-corrected chi connectivity index (χ1v) is 7.92. The second kappa shape index (κ2) is 5.26. The molecule has 0 aliphatic heterocycles. The van der Waals surface area contributed by atoms with Gasteiger partial charge in [0, 0.05) is 11.1 Å². The minimum absolute atomic E-state index is 0.0918. The van der Waals surface area contributed by atoms with Crippen LogP contribution >= 0.6 is 11.6 Å². The zero-order chi connectivity index (χ0) is 14.2. The van der Waals surface area contributed by atoms with Gasteiger partial charge in [-0.05, 0) is 31.4 Å². The van der Waals surface area contributed by atoms with Gasteiger partial charge >= 0.3 is 0 Å². The van der Waals surface area contributed by atoms with Gasteiger partial charge in [0.2, 0.25) is 10.0 Å². The van der Waals surface area contributed by atoms with Gasteiger partial charge < -0.3 is 5.73 Å². The zero-order valence-electron chi connectivity index (χ0n) is 10.5. The van der Waals surface area contributed by atoms with Crippen LogP contribution < -0.4 is 10.5 Å². The van der Waals surface area contributed by atoms with E-state index in [1.165, 1.54) is 6.07 Å². The lowest BCUT2D eigenvalue weighted by Crippen LogP contribution is -2.33. The number of halogens is 2. The number of benzene rings is 1. The van der Waals surface area contributed by atoms with Gasteiger partial charge in [0.1, 0.15) is 4.90 Å². The van der Waals surface area contributed by atoms with Gasteiger partial charge in [-0.25, -0.2) is 17.5 Å². The zero-order valence-corrected chi connectivity index (χ0v) is 12.1. The van der Waals surface area contributed by atoms with Gasteiger partial charge in [-0.1, -0.05) is 24.4 Å². The maximum Gasteiger partial charge on any atom is 0.243 e. The summed E-state index contributed by atoms with van der Waals surface area (Å²) in [5.41, 5.74) is 5.11. The van der Waals surface area contributed by atoms with Crippen molar-refractivity contribution in [3.63, 3.8) is 0 Å². The summed E-state index contributed by atoms with van der Waals surface area (Å²) in [6, 6.07) is 2.01. The number of sulfonamides is 1. The summed E-state index contributed by atoms with van der Waals surface area (Å²) in [5.74, 6) is -0.387. The first-order chi connectivity index (χ1) is 8.79. The Hall–Kier alpha value is -0.850. The molecule has 3 N–H and O–H groups in total. The Bertz CT molecular complexity index is 588. The fourth-order valence-electron chi connectivity index (χ4n) is 2.01. The highest BCUT2D eigenvalue weighted by Crippen LogP contribution is 2.34. The van der Waals surface area contributed by atoms with Crippen LogP contribution in [-0.2, 0) is 10.0 Å². The molecule has 1 aliphatic carbocycles. The van der Waals surface area contributed by atoms with Crippen molar-refractivity contribution in [2.45, 2.75) is 37.1 Å². The van der Waals surface area contributed by atoms with Crippen LogP contribution in [-0.4, -0.2) is 14.5 Å². The third-order valence-corrected chi connectivity index (χ3v) is 4.87. The molecule has 2 rings (SSSR count). The molecule has 1 aromatic rings. The molecule has 19 heavy (non-hydrogen) atoms. The Kier molecular flexibility index (Phi) is 4.03. The third-order valence-electron chi connectivity index (χ3n) is 3.06. The topological polar surface area (TPSA) is 72.2 Å². The second-order valence-electron chi connectivity index (χ2n) is 5.01. The molecule has 0 saturated heterocycles. The number of nitrogen functional groups attached to an aromatic ring is 1. The lowest BCUT2D eigenvalue weighted by molar-refractivity contribution is 0.521. The minimum atomic E-state index is -3.94. The van der Waals surface area contributed by atoms with E-state index in [9.17, 15) is 12.8 Å². The highest BCUT2D eigenvalue weighted by Gasteiger charge is 2.28. The molecule has 0 aromatic heterocycles. The summed E-state index contributed by atoms with van der Waals surface area (Å²) >= 11 is 5.72. The molecule has 0 bridgehead atoms. The van der Waals surface area contributed by atoms with E-state index in [0.717, 1.165) is 25.3 Å². The quantitative estimate of drug-likeness (QED) is 0.821. The Morgan fingerprint density at radius 2 is 2.16 bits per heavy atom. The van der Waals surface area contributed by atoms with Gasteiger partial charge in [-0.3, -0.25) is 0 Å². The predicted molar refractivity (Wildman–Crippen MR) is 72.9 cm³/mol. The molecule has 0 radical (unpaired) electrons.